The molecule has 0 unspecified atom stereocenters. The minimum atomic E-state index is 0. The molecule has 10 aromatic carbocycles. The van der Waals surface area contributed by atoms with E-state index in [1.807, 2.05) is 0 Å². The molecule has 1 saturated heterocycles. The second-order valence-electron chi connectivity index (χ2n) is 18.6. The van der Waals surface area contributed by atoms with E-state index in [2.05, 4.69) is 225 Å². The number of benzene rings is 10. The number of alkyl halides is 6. The van der Waals surface area contributed by atoms with Gasteiger partial charge in [-0.3, -0.25) is 0 Å². The fourth-order valence-corrected chi connectivity index (χ4v) is 9.55. The Morgan fingerprint density at radius 1 is 0.262 bits per heavy atom. The van der Waals surface area contributed by atoms with Gasteiger partial charge >= 0.3 is 34.7 Å². The summed E-state index contributed by atoms with van der Waals surface area (Å²) in [5.74, 6) is 0. The average molecular weight is 1400 g/mol. The standard InChI is InChI=1S/2C30H26N2.C4H8O.3CH2Cl2.4ClH.2Cr/c2*1-19-11-9-12-20(2)27(19)31-29-25-17-7-5-15-23(25)24-16-6-8-18-26(24)30(29)32-28-21(3)13-10-14-22(28)4;1-2-4-5-3-1;3*2-1-3;;;;;;/h2*5-18H,1-4H3;1-4H2;3*1H2;4*1H;;/q2*-2;;;;;;;;;2*+4/p-4. The van der Waals surface area contributed by atoms with Gasteiger partial charge in [0.2, 0.25) is 0 Å². The van der Waals surface area contributed by atoms with Crippen LogP contribution >= 0.6 is 69.6 Å². The molecule has 1 heterocycles. The minimum Gasteiger partial charge on any atom is -1.00 e. The van der Waals surface area contributed by atoms with E-state index in [1.165, 1.54) is 78.9 Å². The number of ether oxygens (including phenoxy) is 1. The Morgan fingerprint density at radius 2 is 0.417 bits per heavy atom. The first kappa shape index (κ1) is 80.4. The molecule has 0 N–H and O–H groups in total. The molecule has 84 heavy (non-hydrogen) atoms. The molecule has 5 nitrogen and oxygen atoms in total. The van der Waals surface area contributed by atoms with Crippen molar-refractivity contribution in [3.8, 4) is 0 Å². The first-order valence-corrected chi connectivity index (χ1v) is 29.0. The molecule has 0 bridgehead atoms. The number of fused-ring (bicyclic) bond motifs is 6. The Hall–Kier alpha value is -3.64. The van der Waals surface area contributed by atoms with Gasteiger partial charge in [0.25, 0.3) is 0 Å². The quantitative estimate of drug-likeness (QED) is 0.110. The van der Waals surface area contributed by atoms with Crippen LogP contribution in [-0.4, -0.2) is 29.2 Å². The fraction of sp³-hybridized carbons (Fsp3) is 0.224. The first-order chi connectivity index (χ1) is 37.8. The molecule has 1 fully saturated rings. The van der Waals surface area contributed by atoms with Crippen molar-refractivity contribution < 1.29 is 89.1 Å². The molecule has 0 atom stereocenters. The normalized spacial score (nSPS) is 10.5. The predicted octanol–water partition coefficient (Wildman–Crippen LogP) is 12.9. The van der Waals surface area contributed by atoms with Crippen LogP contribution in [0.5, 0.6) is 0 Å². The summed E-state index contributed by atoms with van der Waals surface area (Å²) in [5, 5.41) is 31.0. The van der Waals surface area contributed by atoms with E-state index in [0.29, 0.717) is 0 Å². The Kier molecular flexibility index (Phi) is 39.7. The maximum absolute atomic E-state index is 5.28. The maximum atomic E-state index is 5.28. The molecule has 0 aromatic heterocycles. The third-order valence-electron chi connectivity index (χ3n) is 13.2. The molecule has 1 aliphatic rings. The van der Waals surface area contributed by atoms with Crippen LogP contribution in [0.15, 0.2) is 170 Å². The number of halogens is 10. The van der Waals surface area contributed by atoms with Gasteiger partial charge in [0.05, 0.1) is 16.0 Å². The Balaban J connectivity index is 0.00000126. The summed E-state index contributed by atoms with van der Waals surface area (Å²) >= 11 is 28.6. The molecule has 0 amide bonds. The summed E-state index contributed by atoms with van der Waals surface area (Å²) in [6, 6.07) is 59.5. The largest absolute Gasteiger partial charge is 4.00 e. The van der Waals surface area contributed by atoms with Gasteiger partial charge < -0.3 is 75.6 Å². The summed E-state index contributed by atoms with van der Waals surface area (Å²) in [6.07, 6.45) is 2.56. The second kappa shape index (κ2) is 41.5. The van der Waals surface area contributed by atoms with Crippen molar-refractivity contribution in [3.05, 3.63) is 236 Å². The number of aryl methyl sites for hydroxylation is 8. The van der Waals surface area contributed by atoms with Gasteiger partial charge in [-0.1, -0.05) is 214 Å². The van der Waals surface area contributed by atoms with Crippen molar-refractivity contribution in [2.24, 2.45) is 0 Å². The Labute approximate surface area is 574 Å². The van der Waals surface area contributed by atoms with Gasteiger partial charge in [-0.2, -0.15) is 0 Å². The summed E-state index contributed by atoms with van der Waals surface area (Å²) in [6.45, 7) is 19.0. The van der Waals surface area contributed by atoms with Crippen LogP contribution in [-0.2, 0) is 39.5 Å². The number of rotatable bonds is 8. The van der Waals surface area contributed by atoms with Gasteiger partial charge in [0.1, 0.15) is 0 Å². The van der Waals surface area contributed by atoms with E-state index in [-0.39, 0.29) is 100 Å². The molecule has 0 spiro atoms. The molecule has 10 aromatic rings. The molecular formula is C67H66Cl10Cr2N4O. The molecule has 1 aliphatic heterocycles. The first-order valence-electron chi connectivity index (χ1n) is 25.8. The molecule has 11 rings (SSSR count). The molecule has 0 saturated carbocycles. The van der Waals surface area contributed by atoms with E-state index < -0.39 is 0 Å². The number of hydrogen-bond acceptors (Lipinski definition) is 1. The zero-order valence-corrected chi connectivity index (χ0v) is 58.0. The summed E-state index contributed by atoms with van der Waals surface area (Å²) < 4.78 is 4.94. The van der Waals surface area contributed by atoms with Crippen LogP contribution in [0.1, 0.15) is 57.3 Å². The average Bonchev–Trinajstić information content (AvgIpc) is 4.18. The fourth-order valence-electron chi connectivity index (χ4n) is 9.55. The SMILES string of the molecule is C1CCOC1.Cc1cccc(C)c1[N-]c1c([N-]c2c(C)cccc2C)c2ccccc2c2ccccc12.Cc1cccc(C)c1[N-]c1c([N-]c2c(C)cccc2C)c2ccccc2c2ccccc12.ClCCl.ClCCl.ClCCl.[Cl-].[Cl-].[Cl-].[Cl-].[Cr+4].[Cr+4]. The molecule has 442 valence electrons. The maximum Gasteiger partial charge on any atom is 4.00 e. The zero-order chi connectivity index (χ0) is 56.1. The van der Waals surface area contributed by atoms with Crippen LogP contribution in [0.25, 0.3) is 64.4 Å². The van der Waals surface area contributed by atoms with Crippen LogP contribution in [0.2, 0.25) is 0 Å². The second-order valence-corrected chi connectivity index (χ2v) is 21.0. The molecule has 0 aliphatic carbocycles. The third kappa shape index (κ3) is 21.0. The van der Waals surface area contributed by atoms with Crippen LogP contribution in [0.3, 0.4) is 0 Å². The Bertz CT molecular complexity index is 3050. The van der Waals surface area contributed by atoms with Crippen molar-refractivity contribution in [1.29, 1.82) is 0 Å². The summed E-state index contributed by atoms with van der Waals surface area (Å²) in [7, 11) is 0. The zero-order valence-electron chi connectivity index (χ0n) is 47.9. The van der Waals surface area contributed by atoms with Gasteiger partial charge in [-0.15, -0.1) is 115 Å². The molecule has 0 radical (unpaired) electrons. The van der Waals surface area contributed by atoms with E-state index in [4.69, 9.17) is 95.6 Å². The third-order valence-corrected chi connectivity index (χ3v) is 13.2. The van der Waals surface area contributed by atoms with Crippen LogP contribution in [0.4, 0.5) is 45.5 Å². The number of nitrogens with zero attached hydrogens (tertiary/aromatic N) is 4. The molecular weight excluding hydrogens is 1340 g/mol. The van der Waals surface area contributed by atoms with Crippen molar-refractivity contribution >= 4 is 158 Å². The number of hydrogen-bond donors (Lipinski definition) is 0. The van der Waals surface area contributed by atoms with Crippen molar-refractivity contribution in [3.63, 3.8) is 0 Å². The van der Waals surface area contributed by atoms with Gasteiger partial charge in [0.15, 0.2) is 0 Å². The van der Waals surface area contributed by atoms with E-state index in [9.17, 15) is 0 Å². The smallest absolute Gasteiger partial charge is 1.00 e. The molecule has 17 heteroatoms. The van der Waals surface area contributed by atoms with Gasteiger partial charge in [-0.25, -0.2) is 0 Å². The Morgan fingerprint density at radius 3 is 0.560 bits per heavy atom. The summed E-state index contributed by atoms with van der Waals surface area (Å²) in [4.78, 5) is 0. The van der Waals surface area contributed by atoms with Crippen molar-refractivity contribution in [1.82, 2.24) is 0 Å². The van der Waals surface area contributed by atoms with E-state index in [0.717, 1.165) is 80.3 Å². The monoisotopic (exact) mass is 1400 g/mol. The van der Waals surface area contributed by atoms with Gasteiger partial charge in [-0.05, 0) is 111 Å². The van der Waals surface area contributed by atoms with E-state index >= 15 is 0 Å². The number of para-hydroxylation sites is 4. The van der Waals surface area contributed by atoms with Crippen LogP contribution in [0, 0.1) is 55.4 Å². The van der Waals surface area contributed by atoms with Crippen LogP contribution < -0.4 is 49.6 Å². The van der Waals surface area contributed by atoms with Crippen molar-refractivity contribution in [2.45, 2.75) is 68.2 Å². The van der Waals surface area contributed by atoms with Crippen molar-refractivity contribution in [2.75, 3.05) is 29.2 Å². The summed E-state index contributed by atoms with van der Waals surface area (Å²) in [5.41, 5.74) is 17.1. The minimum absolute atomic E-state index is 0. The topological polar surface area (TPSA) is 65.6 Å². The predicted molar refractivity (Wildman–Crippen MR) is 347 cm³/mol. The van der Waals surface area contributed by atoms with E-state index in [1.54, 1.807) is 0 Å². The van der Waals surface area contributed by atoms with Gasteiger partial charge in [0, 0.05) is 13.2 Å².